The SMILES string of the molecule is CCc1cc(C(=O)NCCc2ncno2)cc(NN)n1. The molecule has 0 aliphatic rings. The summed E-state index contributed by atoms with van der Waals surface area (Å²) in [7, 11) is 0. The Kier molecular flexibility index (Phi) is 4.61. The predicted octanol–water partition coefficient (Wildman–Crippen LogP) is 0.285. The molecule has 0 spiro atoms. The molecular weight excluding hydrogens is 260 g/mol. The van der Waals surface area contributed by atoms with Crippen molar-refractivity contribution in [3.8, 4) is 0 Å². The monoisotopic (exact) mass is 276 g/mol. The van der Waals surface area contributed by atoms with E-state index in [1.807, 2.05) is 6.92 Å². The number of carbonyl (C=O) groups excluding carboxylic acids is 1. The van der Waals surface area contributed by atoms with Gasteiger partial charge in [-0.15, -0.1) is 0 Å². The number of amides is 1. The first kappa shape index (κ1) is 13.9. The molecule has 2 rings (SSSR count). The minimum absolute atomic E-state index is 0.196. The summed E-state index contributed by atoms with van der Waals surface area (Å²) in [5.74, 6) is 6.09. The van der Waals surface area contributed by atoms with E-state index in [-0.39, 0.29) is 5.91 Å². The standard InChI is InChI=1S/C12H16N6O2/c1-2-9-5-8(6-10(17-9)18-13)12(19)14-4-3-11-15-7-16-20-11/h5-7H,2-4,13H2,1H3,(H,14,19)(H,17,18). The van der Waals surface area contributed by atoms with Gasteiger partial charge in [-0.1, -0.05) is 12.1 Å². The number of nitrogens with two attached hydrogens (primary N) is 1. The topological polar surface area (TPSA) is 119 Å². The first-order chi connectivity index (χ1) is 9.72. The van der Waals surface area contributed by atoms with Gasteiger partial charge >= 0.3 is 0 Å². The molecule has 2 heterocycles. The van der Waals surface area contributed by atoms with Gasteiger partial charge in [0.25, 0.3) is 5.91 Å². The number of aromatic nitrogens is 3. The molecule has 1 amide bonds. The van der Waals surface area contributed by atoms with Crippen molar-refractivity contribution in [2.24, 2.45) is 5.84 Å². The van der Waals surface area contributed by atoms with E-state index in [9.17, 15) is 4.79 Å². The van der Waals surface area contributed by atoms with E-state index in [0.29, 0.717) is 30.2 Å². The van der Waals surface area contributed by atoms with Gasteiger partial charge in [0.1, 0.15) is 5.82 Å². The third-order valence-corrected chi connectivity index (χ3v) is 2.68. The van der Waals surface area contributed by atoms with Crippen molar-refractivity contribution in [3.05, 3.63) is 35.6 Å². The number of nitrogen functional groups attached to an aromatic ring is 1. The Morgan fingerprint density at radius 2 is 2.30 bits per heavy atom. The van der Waals surface area contributed by atoms with E-state index < -0.39 is 0 Å². The highest BCUT2D eigenvalue weighted by atomic mass is 16.5. The van der Waals surface area contributed by atoms with E-state index in [1.54, 1.807) is 12.1 Å². The zero-order chi connectivity index (χ0) is 14.4. The van der Waals surface area contributed by atoms with Crippen molar-refractivity contribution >= 4 is 11.7 Å². The Hall–Kier alpha value is -2.48. The molecule has 8 heteroatoms. The van der Waals surface area contributed by atoms with Crippen molar-refractivity contribution in [3.63, 3.8) is 0 Å². The maximum absolute atomic E-state index is 12.0. The Balaban J connectivity index is 1.97. The van der Waals surface area contributed by atoms with Crippen molar-refractivity contribution in [1.82, 2.24) is 20.4 Å². The average Bonchev–Trinajstić information content (AvgIpc) is 2.99. The van der Waals surface area contributed by atoms with Crippen LogP contribution in [0.2, 0.25) is 0 Å². The summed E-state index contributed by atoms with van der Waals surface area (Å²) < 4.78 is 4.85. The van der Waals surface area contributed by atoms with Crippen LogP contribution in [0.3, 0.4) is 0 Å². The molecular formula is C12H16N6O2. The number of nitrogens with one attached hydrogen (secondary N) is 2. The number of pyridine rings is 1. The van der Waals surface area contributed by atoms with Crippen LogP contribution < -0.4 is 16.6 Å². The quantitative estimate of drug-likeness (QED) is 0.512. The molecule has 0 aliphatic carbocycles. The molecule has 4 N–H and O–H groups in total. The van der Waals surface area contributed by atoms with Crippen LogP contribution in [0.4, 0.5) is 5.82 Å². The number of hydrogen-bond acceptors (Lipinski definition) is 7. The molecule has 106 valence electrons. The van der Waals surface area contributed by atoms with Crippen molar-refractivity contribution in [2.45, 2.75) is 19.8 Å². The van der Waals surface area contributed by atoms with E-state index >= 15 is 0 Å². The number of rotatable bonds is 6. The highest BCUT2D eigenvalue weighted by molar-refractivity contribution is 5.95. The Morgan fingerprint density at radius 3 is 2.95 bits per heavy atom. The van der Waals surface area contributed by atoms with Crippen LogP contribution in [0.5, 0.6) is 0 Å². The average molecular weight is 276 g/mol. The van der Waals surface area contributed by atoms with Crippen LogP contribution in [-0.2, 0) is 12.8 Å². The van der Waals surface area contributed by atoms with Gasteiger partial charge in [-0.2, -0.15) is 4.98 Å². The Labute approximate surface area is 115 Å². The van der Waals surface area contributed by atoms with E-state index in [2.05, 4.69) is 25.9 Å². The van der Waals surface area contributed by atoms with Crippen LogP contribution in [0, 0.1) is 0 Å². The van der Waals surface area contributed by atoms with Crippen LogP contribution >= 0.6 is 0 Å². The number of anilines is 1. The number of hydrogen-bond donors (Lipinski definition) is 3. The third kappa shape index (κ3) is 3.51. The Morgan fingerprint density at radius 1 is 1.45 bits per heavy atom. The minimum Gasteiger partial charge on any atom is -0.352 e. The fourth-order valence-corrected chi connectivity index (χ4v) is 1.67. The maximum Gasteiger partial charge on any atom is 0.251 e. The van der Waals surface area contributed by atoms with Crippen LogP contribution in [-0.4, -0.2) is 27.6 Å². The molecule has 0 bridgehead atoms. The van der Waals surface area contributed by atoms with Crippen LogP contribution in [0.25, 0.3) is 0 Å². The number of aryl methyl sites for hydroxylation is 1. The number of nitrogens with zero attached hydrogens (tertiary/aromatic N) is 3. The highest BCUT2D eigenvalue weighted by Crippen LogP contribution is 2.10. The van der Waals surface area contributed by atoms with Gasteiger partial charge < -0.3 is 15.3 Å². The summed E-state index contributed by atoms with van der Waals surface area (Å²) in [6.07, 6.45) is 2.53. The zero-order valence-corrected chi connectivity index (χ0v) is 11.1. The van der Waals surface area contributed by atoms with Gasteiger partial charge in [0, 0.05) is 24.2 Å². The smallest absolute Gasteiger partial charge is 0.251 e. The van der Waals surface area contributed by atoms with Crippen LogP contribution in [0.1, 0.15) is 28.9 Å². The molecule has 0 atom stereocenters. The maximum atomic E-state index is 12.0. The second kappa shape index (κ2) is 6.62. The van der Waals surface area contributed by atoms with Crippen molar-refractivity contribution in [2.75, 3.05) is 12.0 Å². The summed E-state index contributed by atoms with van der Waals surface area (Å²) in [6.45, 7) is 2.37. The molecule has 0 unspecified atom stereocenters. The summed E-state index contributed by atoms with van der Waals surface area (Å²) in [4.78, 5) is 20.1. The number of hydrazine groups is 1. The molecule has 0 radical (unpaired) electrons. The normalized spacial score (nSPS) is 10.3. The van der Waals surface area contributed by atoms with E-state index in [0.717, 1.165) is 12.1 Å². The number of carbonyl (C=O) groups is 1. The van der Waals surface area contributed by atoms with Gasteiger partial charge in [-0.05, 0) is 18.6 Å². The molecule has 0 aromatic carbocycles. The molecule has 20 heavy (non-hydrogen) atoms. The largest absolute Gasteiger partial charge is 0.352 e. The zero-order valence-electron chi connectivity index (χ0n) is 11.1. The van der Waals surface area contributed by atoms with Gasteiger partial charge in [0.15, 0.2) is 6.33 Å². The lowest BCUT2D eigenvalue weighted by Crippen LogP contribution is -2.26. The van der Waals surface area contributed by atoms with Crippen molar-refractivity contribution in [1.29, 1.82) is 0 Å². The molecule has 2 aromatic rings. The van der Waals surface area contributed by atoms with Crippen LogP contribution in [0.15, 0.2) is 23.0 Å². The molecule has 0 aliphatic heterocycles. The first-order valence-electron chi connectivity index (χ1n) is 6.24. The minimum atomic E-state index is -0.196. The highest BCUT2D eigenvalue weighted by Gasteiger charge is 2.09. The molecule has 0 fully saturated rings. The fraction of sp³-hybridized carbons (Fsp3) is 0.333. The van der Waals surface area contributed by atoms with Gasteiger partial charge in [0.05, 0.1) is 0 Å². The van der Waals surface area contributed by atoms with Gasteiger partial charge in [0.2, 0.25) is 5.89 Å². The van der Waals surface area contributed by atoms with Gasteiger partial charge in [-0.3, -0.25) is 4.79 Å². The second-order valence-electron chi connectivity index (χ2n) is 4.07. The summed E-state index contributed by atoms with van der Waals surface area (Å²) in [5, 5.41) is 6.27. The third-order valence-electron chi connectivity index (χ3n) is 2.68. The van der Waals surface area contributed by atoms with Gasteiger partial charge in [-0.25, -0.2) is 10.8 Å². The molecule has 0 saturated carbocycles. The summed E-state index contributed by atoms with van der Waals surface area (Å²) in [6, 6.07) is 3.34. The lowest BCUT2D eigenvalue weighted by molar-refractivity contribution is 0.0953. The lowest BCUT2D eigenvalue weighted by Gasteiger charge is -2.08. The van der Waals surface area contributed by atoms with E-state index in [4.69, 9.17) is 10.4 Å². The fourth-order valence-electron chi connectivity index (χ4n) is 1.67. The second-order valence-corrected chi connectivity index (χ2v) is 4.07. The van der Waals surface area contributed by atoms with E-state index in [1.165, 1.54) is 6.33 Å². The summed E-state index contributed by atoms with van der Waals surface area (Å²) >= 11 is 0. The Bertz CT molecular complexity index is 547. The lowest BCUT2D eigenvalue weighted by atomic mass is 10.2. The summed E-state index contributed by atoms with van der Waals surface area (Å²) in [5.41, 5.74) is 3.75. The predicted molar refractivity (Wildman–Crippen MR) is 71.8 cm³/mol. The molecule has 8 nitrogen and oxygen atoms in total. The molecule has 2 aromatic heterocycles. The molecule has 0 saturated heterocycles. The first-order valence-corrected chi connectivity index (χ1v) is 6.24. The van der Waals surface area contributed by atoms with Crippen molar-refractivity contribution < 1.29 is 9.32 Å².